The van der Waals surface area contributed by atoms with Crippen molar-refractivity contribution >= 4 is 23.7 Å². The summed E-state index contributed by atoms with van der Waals surface area (Å²) in [6, 6.07) is 6.89. The van der Waals surface area contributed by atoms with E-state index in [0.717, 1.165) is 0 Å². The molecule has 0 saturated heterocycles. The van der Waals surface area contributed by atoms with Crippen LogP contribution < -0.4 is 10.6 Å². The van der Waals surface area contributed by atoms with Crippen LogP contribution >= 0.6 is 0 Å². The molecule has 1 atom stereocenters. The van der Waals surface area contributed by atoms with Crippen molar-refractivity contribution in [1.82, 2.24) is 5.32 Å². The van der Waals surface area contributed by atoms with E-state index in [1.807, 2.05) is 6.92 Å². The molecule has 2 amide bonds. The lowest BCUT2D eigenvalue weighted by Gasteiger charge is -2.20. The third-order valence-electron chi connectivity index (χ3n) is 3.88. The van der Waals surface area contributed by atoms with Crippen molar-refractivity contribution in [3.8, 4) is 0 Å². The minimum atomic E-state index is -0.947. The topological polar surface area (TPSA) is 105 Å². The lowest BCUT2D eigenvalue weighted by Crippen LogP contribution is -2.33. The Hall–Kier alpha value is -2.57. The first kappa shape index (κ1) is 22.5. The molecule has 0 aliphatic rings. The fourth-order valence-corrected chi connectivity index (χ4v) is 2.57. The second-order valence-electron chi connectivity index (χ2n) is 7.39. The number of carboxylic acids is 1. The predicted molar refractivity (Wildman–Crippen MR) is 104 cm³/mol. The number of nitrogens with one attached hydrogen (secondary N) is 2. The van der Waals surface area contributed by atoms with Crippen molar-refractivity contribution in [2.75, 3.05) is 11.9 Å². The fourth-order valence-electron chi connectivity index (χ4n) is 2.57. The number of hydrogen-bond donors (Lipinski definition) is 3. The molecule has 0 radical (unpaired) electrons. The van der Waals surface area contributed by atoms with Crippen LogP contribution in [0.3, 0.4) is 0 Å². The van der Waals surface area contributed by atoms with Crippen molar-refractivity contribution in [2.24, 2.45) is 5.92 Å². The zero-order chi connectivity index (χ0) is 20.4. The summed E-state index contributed by atoms with van der Waals surface area (Å²) in [5, 5.41) is 14.5. The molecule has 0 aliphatic heterocycles. The van der Waals surface area contributed by atoms with E-state index in [2.05, 4.69) is 10.6 Å². The summed E-state index contributed by atoms with van der Waals surface area (Å²) in [5.74, 6) is -1.31. The molecule has 0 fully saturated rings. The van der Waals surface area contributed by atoms with Crippen LogP contribution in [-0.4, -0.2) is 35.2 Å². The Morgan fingerprint density at radius 3 is 2.44 bits per heavy atom. The van der Waals surface area contributed by atoms with Crippen LogP contribution in [0.5, 0.6) is 0 Å². The maximum absolute atomic E-state index is 12.5. The van der Waals surface area contributed by atoms with Crippen LogP contribution in [0, 0.1) is 5.92 Å². The largest absolute Gasteiger partial charge is 0.481 e. The van der Waals surface area contributed by atoms with Gasteiger partial charge in [-0.15, -0.1) is 0 Å². The van der Waals surface area contributed by atoms with Gasteiger partial charge in [0.2, 0.25) is 5.91 Å². The molecule has 0 aliphatic carbocycles. The molecule has 1 aromatic carbocycles. The molecule has 1 rings (SSSR count). The highest BCUT2D eigenvalue weighted by Crippen LogP contribution is 2.19. The molecule has 1 aromatic rings. The van der Waals surface area contributed by atoms with Gasteiger partial charge in [0.25, 0.3) is 0 Å². The Kier molecular flexibility index (Phi) is 8.78. The first-order valence-electron chi connectivity index (χ1n) is 9.19. The smallest absolute Gasteiger partial charge is 0.407 e. The Morgan fingerprint density at radius 2 is 1.85 bits per heavy atom. The summed E-state index contributed by atoms with van der Waals surface area (Å²) >= 11 is 0. The van der Waals surface area contributed by atoms with Crippen molar-refractivity contribution in [2.45, 2.75) is 59.0 Å². The molecular formula is C20H30N2O5. The Bertz CT molecular complexity index is 652. The maximum Gasteiger partial charge on any atom is 0.407 e. The molecule has 150 valence electrons. The Morgan fingerprint density at radius 1 is 1.19 bits per heavy atom. The average molecular weight is 378 g/mol. The summed E-state index contributed by atoms with van der Waals surface area (Å²) in [7, 11) is 0. The quantitative estimate of drug-likeness (QED) is 0.570. The number of para-hydroxylation sites is 1. The van der Waals surface area contributed by atoms with Gasteiger partial charge in [0.05, 0.1) is 6.42 Å². The van der Waals surface area contributed by atoms with Gasteiger partial charge in [-0.05, 0) is 51.7 Å². The second kappa shape index (κ2) is 10.5. The van der Waals surface area contributed by atoms with Gasteiger partial charge < -0.3 is 20.5 Å². The molecule has 7 heteroatoms. The fraction of sp³-hybridized carbons (Fsp3) is 0.550. The Labute approximate surface area is 160 Å². The number of ether oxygens (including phenoxy) is 1. The molecule has 27 heavy (non-hydrogen) atoms. The van der Waals surface area contributed by atoms with E-state index < -0.39 is 17.7 Å². The van der Waals surface area contributed by atoms with Gasteiger partial charge in [-0.3, -0.25) is 9.59 Å². The van der Waals surface area contributed by atoms with Crippen LogP contribution in [0.1, 0.15) is 52.5 Å². The first-order chi connectivity index (χ1) is 12.6. The normalized spacial score (nSPS) is 12.1. The highest BCUT2D eigenvalue weighted by atomic mass is 16.6. The van der Waals surface area contributed by atoms with Crippen molar-refractivity contribution in [3.63, 3.8) is 0 Å². The van der Waals surface area contributed by atoms with E-state index in [1.165, 1.54) is 0 Å². The second-order valence-corrected chi connectivity index (χ2v) is 7.39. The predicted octanol–water partition coefficient (Wildman–Crippen LogP) is 3.58. The standard InChI is InChI=1S/C20H30N2O5/c1-5-14(10-8-12-21-19(26)27-20(2,3)4)18(25)22-16-11-7-6-9-15(16)13-17(23)24/h6-7,9,11,14H,5,8,10,12-13H2,1-4H3,(H,21,26)(H,22,25)(H,23,24). The van der Waals surface area contributed by atoms with Gasteiger partial charge in [0, 0.05) is 18.2 Å². The molecule has 0 bridgehead atoms. The van der Waals surface area contributed by atoms with Gasteiger partial charge in [-0.1, -0.05) is 25.1 Å². The van der Waals surface area contributed by atoms with Crippen LogP contribution in [0.4, 0.5) is 10.5 Å². The van der Waals surface area contributed by atoms with Gasteiger partial charge in [0.15, 0.2) is 0 Å². The number of carbonyl (C=O) groups excluding carboxylic acids is 2. The van der Waals surface area contributed by atoms with Gasteiger partial charge >= 0.3 is 12.1 Å². The highest BCUT2D eigenvalue weighted by Gasteiger charge is 2.19. The van der Waals surface area contributed by atoms with Gasteiger partial charge in [0.1, 0.15) is 5.60 Å². The lowest BCUT2D eigenvalue weighted by atomic mass is 9.98. The van der Waals surface area contributed by atoms with E-state index in [0.29, 0.717) is 37.1 Å². The number of amides is 2. The number of hydrogen-bond acceptors (Lipinski definition) is 4. The third kappa shape index (κ3) is 9.08. The monoisotopic (exact) mass is 378 g/mol. The van der Waals surface area contributed by atoms with Crippen molar-refractivity contribution < 1.29 is 24.2 Å². The zero-order valence-corrected chi connectivity index (χ0v) is 16.5. The summed E-state index contributed by atoms with van der Waals surface area (Å²) in [5.41, 5.74) is 0.550. The van der Waals surface area contributed by atoms with Crippen LogP contribution in [0.15, 0.2) is 24.3 Å². The number of carboxylic acid groups (broad SMARTS) is 1. The number of benzene rings is 1. The van der Waals surface area contributed by atoms with Crippen molar-refractivity contribution in [3.05, 3.63) is 29.8 Å². The van der Waals surface area contributed by atoms with Crippen LogP contribution in [0.25, 0.3) is 0 Å². The van der Waals surface area contributed by atoms with E-state index >= 15 is 0 Å². The average Bonchev–Trinajstić information content (AvgIpc) is 2.54. The van der Waals surface area contributed by atoms with Crippen LogP contribution in [0.2, 0.25) is 0 Å². The first-order valence-corrected chi connectivity index (χ1v) is 9.19. The number of rotatable bonds is 9. The summed E-state index contributed by atoms with van der Waals surface area (Å²) in [6.45, 7) is 7.74. The number of alkyl carbamates (subject to hydrolysis) is 1. The van der Waals surface area contributed by atoms with Gasteiger partial charge in [-0.25, -0.2) is 4.79 Å². The molecule has 0 saturated carbocycles. The molecule has 0 spiro atoms. The molecular weight excluding hydrogens is 348 g/mol. The lowest BCUT2D eigenvalue weighted by molar-refractivity contribution is -0.136. The van der Waals surface area contributed by atoms with Crippen molar-refractivity contribution in [1.29, 1.82) is 0 Å². The Balaban J connectivity index is 2.51. The van der Waals surface area contributed by atoms with Gasteiger partial charge in [-0.2, -0.15) is 0 Å². The summed E-state index contributed by atoms with van der Waals surface area (Å²) in [6.07, 6.45) is 1.29. The number of aliphatic carboxylic acids is 1. The van der Waals surface area contributed by atoms with E-state index in [-0.39, 0.29) is 18.2 Å². The molecule has 3 N–H and O–H groups in total. The molecule has 0 aromatic heterocycles. The number of carbonyl (C=O) groups is 3. The van der Waals surface area contributed by atoms with E-state index in [4.69, 9.17) is 9.84 Å². The SMILES string of the molecule is CCC(CCCNC(=O)OC(C)(C)C)C(=O)Nc1ccccc1CC(=O)O. The molecule has 1 unspecified atom stereocenters. The summed E-state index contributed by atoms with van der Waals surface area (Å²) in [4.78, 5) is 35.1. The third-order valence-corrected chi connectivity index (χ3v) is 3.88. The minimum absolute atomic E-state index is 0.146. The zero-order valence-electron chi connectivity index (χ0n) is 16.5. The maximum atomic E-state index is 12.5. The molecule has 0 heterocycles. The molecule has 7 nitrogen and oxygen atoms in total. The number of anilines is 1. The summed E-state index contributed by atoms with van der Waals surface area (Å²) < 4.78 is 5.17. The minimum Gasteiger partial charge on any atom is -0.481 e. The van der Waals surface area contributed by atoms with E-state index in [9.17, 15) is 14.4 Å². The van der Waals surface area contributed by atoms with E-state index in [1.54, 1.807) is 45.0 Å². The highest BCUT2D eigenvalue weighted by molar-refractivity contribution is 5.93. The van der Waals surface area contributed by atoms with Crippen LogP contribution in [-0.2, 0) is 20.7 Å².